The molecule has 0 aliphatic carbocycles. The second-order valence-electron chi connectivity index (χ2n) is 5.02. The van der Waals surface area contributed by atoms with Crippen LogP contribution in [0.3, 0.4) is 0 Å². The first-order chi connectivity index (χ1) is 12.2. The van der Waals surface area contributed by atoms with Crippen LogP contribution in [0.1, 0.15) is 5.69 Å². The van der Waals surface area contributed by atoms with Crippen LogP contribution in [0.2, 0.25) is 4.34 Å². The molecule has 0 radical (unpaired) electrons. The first-order valence-corrected chi connectivity index (χ1v) is 11.0. The Labute approximate surface area is 164 Å². The van der Waals surface area contributed by atoms with Crippen LogP contribution in [0.5, 0.6) is 0 Å². The number of aromatic nitrogens is 2. The summed E-state index contributed by atoms with van der Waals surface area (Å²) in [4.78, 5) is 22.2. The molecule has 126 valence electrons. The number of rotatable bonds is 5. The Morgan fingerprint density at radius 2 is 2.04 bits per heavy atom. The van der Waals surface area contributed by atoms with E-state index in [0.29, 0.717) is 5.13 Å². The van der Waals surface area contributed by atoms with Gasteiger partial charge in [-0.25, -0.2) is 9.97 Å². The lowest BCUT2D eigenvalue weighted by Gasteiger charge is -1.99. The fourth-order valence-corrected chi connectivity index (χ4v) is 5.47. The minimum Gasteiger partial charge on any atom is -0.302 e. The highest BCUT2D eigenvalue weighted by Crippen LogP contribution is 2.33. The summed E-state index contributed by atoms with van der Waals surface area (Å²) in [6.45, 7) is 0. The number of carbonyl (C=O) groups is 1. The van der Waals surface area contributed by atoms with Gasteiger partial charge in [-0.3, -0.25) is 4.79 Å². The molecule has 0 aliphatic heterocycles. The van der Waals surface area contributed by atoms with Crippen LogP contribution < -0.4 is 5.32 Å². The highest BCUT2D eigenvalue weighted by molar-refractivity contribution is 7.20. The summed E-state index contributed by atoms with van der Waals surface area (Å²) >= 11 is 12.0. The molecule has 4 heterocycles. The summed E-state index contributed by atoms with van der Waals surface area (Å²) in [5.74, 6) is -0.118. The van der Waals surface area contributed by atoms with Crippen LogP contribution in [-0.4, -0.2) is 15.9 Å². The van der Waals surface area contributed by atoms with Crippen LogP contribution in [-0.2, 0) is 11.2 Å². The van der Waals surface area contributed by atoms with E-state index in [1.165, 1.54) is 22.7 Å². The third-order valence-electron chi connectivity index (χ3n) is 3.24. The number of anilines is 1. The highest BCUT2D eigenvalue weighted by Gasteiger charge is 2.12. The molecule has 0 fully saturated rings. The average molecular weight is 424 g/mol. The topological polar surface area (TPSA) is 54.9 Å². The van der Waals surface area contributed by atoms with E-state index < -0.39 is 0 Å². The Bertz CT molecular complexity index is 1000. The van der Waals surface area contributed by atoms with E-state index >= 15 is 0 Å². The number of carbonyl (C=O) groups excluding carboxylic acids is 1. The van der Waals surface area contributed by atoms with E-state index in [1.54, 1.807) is 22.7 Å². The average Bonchev–Trinajstić information content (AvgIpc) is 3.34. The summed E-state index contributed by atoms with van der Waals surface area (Å²) in [5.41, 5.74) is 2.69. The molecule has 0 bridgehead atoms. The fraction of sp³-hybridized carbons (Fsp3) is 0.0625. The number of thiazole rings is 2. The molecule has 1 amide bonds. The standard InChI is InChI=1S/C16H10ClN3OS4/c17-13-2-1-12(25-13)11-8-24-16(19-11)20-14(21)5-10-7-23-15(18-10)9-3-4-22-6-9/h1-4,6-8H,5H2,(H,19,20,21). The van der Waals surface area contributed by atoms with Crippen molar-refractivity contribution in [3.63, 3.8) is 0 Å². The molecule has 0 aromatic carbocycles. The Morgan fingerprint density at radius 3 is 2.80 bits per heavy atom. The molecule has 0 aliphatic rings. The molecule has 0 unspecified atom stereocenters. The maximum atomic E-state index is 12.2. The van der Waals surface area contributed by atoms with Crippen LogP contribution in [0.15, 0.2) is 39.7 Å². The van der Waals surface area contributed by atoms with Crippen molar-refractivity contribution in [1.82, 2.24) is 9.97 Å². The summed E-state index contributed by atoms with van der Waals surface area (Å²) in [7, 11) is 0. The molecule has 0 spiro atoms. The molecule has 25 heavy (non-hydrogen) atoms. The molecule has 1 N–H and O–H groups in total. The first kappa shape index (κ1) is 16.9. The van der Waals surface area contributed by atoms with Gasteiger partial charge >= 0.3 is 0 Å². The van der Waals surface area contributed by atoms with Crippen molar-refractivity contribution in [3.05, 3.63) is 49.7 Å². The summed E-state index contributed by atoms with van der Waals surface area (Å²) in [5, 5.41) is 12.3. The van der Waals surface area contributed by atoms with Crippen LogP contribution in [0.4, 0.5) is 5.13 Å². The normalized spacial score (nSPS) is 10.9. The van der Waals surface area contributed by atoms with Crippen LogP contribution in [0, 0.1) is 0 Å². The number of amides is 1. The summed E-state index contributed by atoms with van der Waals surface area (Å²) in [6, 6.07) is 5.79. The largest absolute Gasteiger partial charge is 0.302 e. The van der Waals surface area contributed by atoms with E-state index in [0.717, 1.165) is 31.2 Å². The van der Waals surface area contributed by atoms with Gasteiger partial charge in [-0.1, -0.05) is 11.6 Å². The zero-order chi connectivity index (χ0) is 17.2. The van der Waals surface area contributed by atoms with E-state index in [2.05, 4.69) is 20.7 Å². The Balaban J connectivity index is 1.40. The van der Waals surface area contributed by atoms with Crippen molar-refractivity contribution >= 4 is 68.0 Å². The maximum Gasteiger partial charge on any atom is 0.232 e. The van der Waals surface area contributed by atoms with Crippen molar-refractivity contribution in [3.8, 4) is 21.1 Å². The van der Waals surface area contributed by atoms with Gasteiger partial charge in [0.25, 0.3) is 0 Å². The third kappa shape index (κ3) is 3.99. The van der Waals surface area contributed by atoms with E-state index in [4.69, 9.17) is 11.6 Å². The van der Waals surface area contributed by atoms with Crippen molar-refractivity contribution in [1.29, 1.82) is 0 Å². The van der Waals surface area contributed by atoms with Gasteiger partial charge in [0.15, 0.2) is 5.13 Å². The molecule has 0 saturated heterocycles. The quantitative estimate of drug-likeness (QED) is 0.435. The zero-order valence-corrected chi connectivity index (χ0v) is 16.6. The lowest BCUT2D eigenvalue weighted by Crippen LogP contribution is -2.14. The number of hydrogen-bond acceptors (Lipinski definition) is 7. The van der Waals surface area contributed by atoms with Gasteiger partial charge in [0.2, 0.25) is 5.91 Å². The maximum absolute atomic E-state index is 12.2. The Kier molecular flexibility index (Phi) is 4.96. The number of hydrogen-bond donors (Lipinski definition) is 1. The molecule has 4 rings (SSSR count). The predicted octanol–water partition coefficient (Wildman–Crippen LogP) is 5.89. The summed E-state index contributed by atoms with van der Waals surface area (Å²) < 4.78 is 0.721. The van der Waals surface area contributed by atoms with Crippen molar-refractivity contribution in [2.24, 2.45) is 0 Å². The van der Waals surface area contributed by atoms with Crippen molar-refractivity contribution in [2.45, 2.75) is 6.42 Å². The minimum absolute atomic E-state index is 0.118. The predicted molar refractivity (Wildman–Crippen MR) is 108 cm³/mol. The second kappa shape index (κ2) is 7.35. The second-order valence-corrected chi connectivity index (χ2v) is 9.23. The van der Waals surface area contributed by atoms with Crippen molar-refractivity contribution < 1.29 is 4.79 Å². The van der Waals surface area contributed by atoms with E-state index in [-0.39, 0.29) is 12.3 Å². The molecule has 4 nitrogen and oxygen atoms in total. The molecule has 4 aromatic rings. The molecule has 0 atom stereocenters. The Morgan fingerprint density at radius 1 is 1.12 bits per heavy atom. The monoisotopic (exact) mass is 423 g/mol. The van der Waals surface area contributed by atoms with Crippen LogP contribution >= 0.6 is 56.9 Å². The number of nitrogens with zero attached hydrogens (tertiary/aromatic N) is 2. The van der Waals surface area contributed by atoms with E-state index in [1.807, 2.05) is 34.3 Å². The number of nitrogens with one attached hydrogen (secondary N) is 1. The van der Waals surface area contributed by atoms with Crippen molar-refractivity contribution in [2.75, 3.05) is 5.32 Å². The van der Waals surface area contributed by atoms with Gasteiger partial charge in [0.05, 0.1) is 27.0 Å². The lowest BCUT2D eigenvalue weighted by molar-refractivity contribution is -0.115. The molecule has 9 heteroatoms. The van der Waals surface area contributed by atoms with Gasteiger partial charge in [-0.2, -0.15) is 11.3 Å². The smallest absolute Gasteiger partial charge is 0.232 e. The number of thiophene rings is 2. The SMILES string of the molecule is O=C(Cc1csc(-c2ccsc2)n1)Nc1nc(-c2ccc(Cl)s2)cs1. The van der Waals surface area contributed by atoms with Gasteiger partial charge in [-0.05, 0) is 23.6 Å². The highest BCUT2D eigenvalue weighted by atomic mass is 35.5. The zero-order valence-electron chi connectivity index (χ0n) is 12.6. The molecule has 4 aromatic heterocycles. The van der Waals surface area contributed by atoms with Gasteiger partial charge in [0, 0.05) is 21.7 Å². The van der Waals surface area contributed by atoms with Gasteiger partial charge in [-0.15, -0.1) is 34.0 Å². The number of halogens is 1. The Hall–Kier alpha value is -1.58. The lowest BCUT2D eigenvalue weighted by atomic mass is 10.3. The molecular weight excluding hydrogens is 414 g/mol. The fourth-order valence-electron chi connectivity index (χ4n) is 2.13. The summed E-state index contributed by atoms with van der Waals surface area (Å²) in [6.07, 6.45) is 0.236. The van der Waals surface area contributed by atoms with E-state index in [9.17, 15) is 4.79 Å². The molecule has 0 saturated carbocycles. The van der Waals surface area contributed by atoms with Gasteiger partial charge < -0.3 is 5.32 Å². The molecular formula is C16H10ClN3OS4. The first-order valence-electron chi connectivity index (χ1n) is 7.15. The third-order valence-corrected chi connectivity index (χ3v) is 6.87. The minimum atomic E-state index is -0.118. The van der Waals surface area contributed by atoms with Crippen LogP contribution in [0.25, 0.3) is 21.1 Å². The van der Waals surface area contributed by atoms with Gasteiger partial charge in [0.1, 0.15) is 5.01 Å².